The van der Waals surface area contributed by atoms with E-state index in [2.05, 4.69) is 20.8 Å². The van der Waals surface area contributed by atoms with Gasteiger partial charge in [0.05, 0.1) is 13.2 Å². The summed E-state index contributed by atoms with van der Waals surface area (Å²) in [5.41, 5.74) is 0. The van der Waals surface area contributed by atoms with Crippen LogP contribution in [-0.2, 0) is 19.4 Å². The highest BCUT2D eigenvalue weighted by Gasteiger charge is 2.21. The molecule has 0 aliphatic heterocycles. The third-order valence-corrected chi connectivity index (χ3v) is 5.31. The molecule has 174 valence electrons. The van der Waals surface area contributed by atoms with Gasteiger partial charge in [-0.25, -0.2) is 9.78 Å². The quantitative estimate of drug-likeness (QED) is 0.0650. The molecule has 0 rings (SSSR count). The lowest BCUT2D eigenvalue weighted by Gasteiger charge is -2.13. The number of hydrogen-bond donors (Lipinski definition) is 0. The van der Waals surface area contributed by atoms with Crippen molar-refractivity contribution >= 4 is 7.12 Å². The molecule has 0 unspecified atom stereocenters. The van der Waals surface area contributed by atoms with Crippen molar-refractivity contribution < 1.29 is 19.4 Å². The molecular formula is C24H51BO4. The van der Waals surface area contributed by atoms with Gasteiger partial charge in [0.1, 0.15) is 0 Å². The molecule has 5 heteroatoms. The van der Waals surface area contributed by atoms with Gasteiger partial charge in [0.15, 0.2) is 0 Å². The second-order valence-electron chi connectivity index (χ2n) is 8.36. The summed E-state index contributed by atoms with van der Waals surface area (Å²) in [5.74, 6) is 0. The molecule has 0 amide bonds. The molecule has 0 N–H and O–H groups in total. The van der Waals surface area contributed by atoms with Gasteiger partial charge in [0.25, 0.3) is 0 Å². The summed E-state index contributed by atoms with van der Waals surface area (Å²) < 4.78 is 0. The lowest BCUT2D eigenvalue weighted by Crippen LogP contribution is -2.24. The molecule has 0 aromatic heterocycles. The fraction of sp³-hybridized carbons (Fsp3) is 1.00. The first-order chi connectivity index (χ1) is 14.3. The average molecular weight is 414 g/mol. The largest absolute Gasteiger partial charge is 0.521 e. The van der Waals surface area contributed by atoms with Crippen LogP contribution in [0.3, 0.4) is 0 Å². The van der Waals surface area contributed by atoms with Crippen molar-refractivity contribution in [3.63, 3.8) is 0 Å². The molecular weight excluding hydrogens is 363 g/mol. The van der Waals surface area contributed by atoms with E-state index in [-0.39, 0.29) is 0 Å². The van der Waals surface area contributed by atoms with Crippen LogP contribution in [0.5, 0.6) is 0 Å². The molecule has 4 nitrogen and oxygen atoms in total. The smallest absolute Gasteiger partial charge is 0.261 e. The molecule has 0 heterocycles. The highest BCUT2D eigenvalue weighted by molar-refractivity contribution is 6.43. The van der Waals surface area contributed by atoms with Crippen LogP contribution in [0.1, 0.15) is 136 Å². The van der Waals surface area contributed by atoms with Crippen molar-refractivity contribution in [1.29, 1.82) is 0 Å². The normalized spacial score (nSPS) is 11.3. The van der Waals surface area contributed by atoms with Gasteiger partial charge in [-0.1, -0.05) is 124 Å². The van der Waals surface area contributed by atoms with Crippen molar-refractivity contribution in [3.05, 3.63) is 0 Å². The summed E-state index contributed by atoms with van der Waals surface area (Å²) in [6.07, 6.45) is 23.4. The molecule has 0 aliphatic rings. The zero-order valence-electron chi connectivity index (χ0n) is 20.1. The second-order valence-corrected chi connectivity index (χ2v) is 8.36. The fourth-order valence-corrected chi connectivity index (χ4v) is 3.33. The van der Waals surface area contributed by atoms with E-state index in [1.807, 2.05) is 0 Å². The molecule has 0 radical (unpaired) electrons. The molecule has 0 aromatic rings. The predicted molar refractivity (Wildman–Crippen MR) is 125 cm³/mol. The minimum Gasteiger partial charge on any atom is -0.261 e. The topological polar surface area (TPSA) is 36.9 Å². The van der Waals surface area contributed by atoms with Crippen LogP contribution < -0.4 is 0 Å². The maximum atomic E-state index is 5.51. The Morgan fingerprint density at radius 3 is 1.17 bits per heavy atom. The molecule has 0 fully saturated rings. The summed E-state index contributed by atoms with van der Waals surface area (Å²) in [5, 5.41) is 0. The van der Waals surface area contributed by atoms with Crippen LogP contribution in [0, 0.1) is 0 Å². The Kier molecular flexibility index (Phi) is 25.9. The van der Waals surface area contributed by atoms with Gasteiger partial charge >= 0.3 is 7.12 Å². The lowest BCUT2D eigenvalue weighted by molar-refractivity contribution is -0.283. The highest BCUT2D eigenvalue weighted by atomic mass is 17.3. The molecule has 0 aliphatic carbocycles. The Morgan fingerprint density at radius 1 is 0.414 bits per heavy atom. The van der Waals surface area contributed by atoms with Crippen molar-refractivity contribution in [1.82, 2.24) is 0 Å². The molecule has 0 bridgehead atoms. The van der Waals surface area contributed by atoms with E-state index in [4.69, 9.17) is 19.4 Å². The lowest BCUT2D eigenvalue weighted by atomic mass is 9.83. The molecule has 0 saturated heterocycles. The minimum atomic E-state index is -0.402. The van der Waals surface area contributed by atoms with Crippen molar-refractivity contribution in [2.45, 2.75) is 143 Å². The van der Waals surface area contributed by atoms with Gasteiger partial charge in [-0.05, 0) is 19.2 Å². The van der Waals surface area contributed by atoms with Gasteiger partial charge in [-0.2, -0.15) is 0 Å². The molecule has 0 spiro atoms. The van der Waals surface area contributed by atoms with E-state index in [9.17, 15) is 0 Å². The van der Waals surface area contributed by atoms with Crippen LogP contribution >= 0.6 is 0 Å². The van der Waals surface area contributed by atoms with Crippen LogP contribution in [-0.4, -0.2) is 20.3 Å². The third kappa shape index (κ3) is 24.0. The average Bonchev–Trinajstić information content (AvgIpc) is 2.73. The van der Waals surface area contributed by atoms with Crippen LogP contribution in [0.2, 0.25) is 6.32 Å². The van der Waals surface area contributed by atoms with Crippen LogP contribution in [0.4, 0.5) is 0 Å². The Morgan fingerprint density at radius 2 is 0.759 bits per heavy atom. The fourth-order valence-electron chi connectivity index (χ4n) is 3.33. The van der Waals surface area contributed by atoms with Crippen molar-refractivity contribution in [2.75, 3.05) is 13.2 Å². The van der Waals surface area contributed by atoms with E-state index < -0.39 is 7.12 Å². The zero-order valence-corrected chi connectivity index (χ0v) is 20.1. The summed E-state index contributed by atoms with van der Waals surface area (Å²) in [7, 11) is -0.402. The van der Waals surface area contributed by atoms with Gasteiger partial charge in [0, 0.05) is 0 Å². The molecule has 0 atom stereocenters. The van der Waals surface area contributed by atoms with Gasteiger partial charge < -0.3 is 0 Å². The Bertz CT molecular complexity index is 272. The van der Waals surface area contributed by atoms with Crippen LogP contribution in [0.15, 0.2) is 0 Å². The summed E-state index contributed by atoms with van der Waals surface area (Å²) in [4.78, 5) is 21.9. The maximum Gasteiger partial charge on any atom is 0.521 e. The molecule has 29 heavy (non-hydrogen) atoms. The summed E-state index contributed by atoms with van der Waals surface area (Å²) in [6.45, 7) is 8.02. The van der Waals surface area contributed by atoms with Gasteiger partial charge in [0.2, 0.25) is 0 Å². The third-order valence-electron chi connectivity index (χ3n) is 5.31. The van der Waals surface area contributed by atoms with E-state index in [1.54, 1.807) is 0 Å². The molecule has 0 aromatic carbocycles. The maximum absolute atomic E-state index is 5.51. The number of hydrogen-bond acceptors (Lipinski definition) is 4. The Balaban J connectivity index is 3.79. The van der Waals surface area contributed by atoms with Crippen molar-refractivity contribution in [2.24, 2.45) is 0 Å². The van der Waals surface area contributed by atoms with E-state index >= 15 is 0 Å². The van der Waals surface area contributed by atoms with Gasteiger partial charge in [-0.15, -0.1) is 0 Å². The first kappa shape index (κ1) is 28.9. The highest BCUT2D eigenvalue weighted by Crippen LogP contribution is 2.12. The monoisotopic (exact) mass is 414 g/mol. The summed E-state index contributed by atoms with van der Waals surface area (Å²) in [6, 6.07) is 0. The van der Waals surface area contributed by atoms with E-state index in [0.717, 1.165) is 25.6 Å². The standard InChI is InChI=1S/C24H51BO4/c1-4-7-10-13-16-19-22-25(28-26-23-20-17-14-11-8-5-2)29-27-24-21-18-15-12-9-6-3/h4-24H2,1-3H3. The van der Waals surface area contributed by atoms with E-state index in [0.29, 0.717) is 13.2 Å². The van der Waals surface area contributed by atoms with Crippen LogP contribution in [0.25, 0.3) is 0 Å². The second kappa shape index (κ2) is 25.9. The first-order valence-corrected chi connectivity index (χ1v) is 12.9. The first-order valence-electron chi connectivity index (χ1n) is 12.9. The number of unbranched alkanes of at least 4 members (excludes halogenated alkanes) is 15. The van der Waals surface area contributed by atoms with Crippen molar-refractivity contribution in [3.8, 4) is 0 Å². The Labute approximate surface area is 182 Å². The summed E-state index contributed by atoms with van der Waals surface area (Å²) >= 11 is 0. The minimum absolute atomic E-state index is 0.402. The predicted octanol–water partition coefficient (Wildman–Crippen LogP) is 8.45. The number of rotatable bonds is 25. The zero-order chi connectivity index (χ0) is 21.3. The SMILES string of the molecule is CCCCCCCCOOB(CCCCCCCC)OOCCCCCCCC. The molecule has 0 saturated carbocycles. The van der Waals surface area contributed by atoms with E-state index in [1.165, 1.54) is 96.3 Å². The van der Waals surface area contributed by atoms with Gasteiger partial charge in [-0.3, -0.25) is 9.61 Å². The Hall–Kier alpha value is -0.0951.